The van der Waals surface area contributed by atoms with E-state index >= 15 is 0 Å². The van der Waals surface area contributed by atoms with Gasteiger partial charge in [-0.3, -0.25) is 4.79 Å². The van der Waals surface area contributed by atoms with Crippen LogP contribution >= 0.6 is 0 Å². The summed E-state index contributed by atoms with van der Waals surface area (Å²) in [5, 5.41) is 0. The van der Waals surface area contributed by atoms with Gasteiger partial charge in [0.25, 0.3) is 0 Å². The molecule has 0 aliphatic carbocycles. The second-order valence-electron chi connectivity index (χ2n) is 3.68. The second-order valence-corrected chi connectivity index (χ2v) is 3.68. The number of hydrogen-bond donors (Lipinski definition) is 0. The lowest BCUT2D eigenvalue weighted by atomic mass is 10.2. The van der Waals surface area contributed by atoms with E-state index < -0.39 is 0 Å². The maximum Gasteiger partial charge on any atom is 0.151 e. The van der Waals surface area contributed by atoms with E-state index in [2.05, 4.69) is 16.8 Å². The zero-order chi connectivity index (χ0) is 10.7. The summed E-state index contributed by atoms with van der Waals surface area (Å²) < 4.78 is 5.35. The number of rotatable bonds is 2. The Balaban J connectivity index is 2.16. The summed E-state index contributed by atoms with van der Waals surface area (Å²) in [6.07, 6.45) is 2.41. The van der Waals surface area contributed by atoms with Crippen LogP contribution in [0.3, 0.4) is 0 Å². The molecule has 1 aromatic rings. The van der Waals surface area contributed by atoms with Gasteiger partial charge in [0.1, 0.15) is 5.82 Å². The predicted molar refractivity (Wildman–Crippen MR) is 57.3 cm³/mol. The van der Waals surface area contributed by atoms with Crippen molar-refractivity contribution in [3.63, 3.8) is 0 Å². The van der Waals surface area contributed by atoms with Crippen molar-refractivity contribution in [2.24, 2.45) is 0 Å². The molecular formula is C11H14N2O2. The molecule has 1 unspecified atom stereocenters. The van der Waals surface area contributed by atoms with Crippen molar-refractivity contribution in [2.75, 3.05) is 24.7 Å². The smallest absolute Gasteiger partial charge is 0.151 e. The maximum absolute atomic E-state index is 10.5. The highest BCUT2D eigenvalue weighted by Crippen LogP contribution is 2.16. The normalized spacial score (nSPS) is 21.4. The van der Waals surface area contributed by atoms with Crippen molar-refractivity contribution < 1.29 is 9.53 Å². The number of aldehydes is 1. The highest BCUT2D eigenvalue weighted by atomic mass is 16.5. The van der Waals surface area contributed by atoms with Crippen LogP contribution in [0, 0.1) is 0 Å². The zero-order valence-corrected chi connectivity index (χ0v) is 8.72. The van der Waals surface area contributed by atoms with Gasteiger partial charge in [-0.1, -0.05) is 0 Å². The van der Waals surface area contributed by atoms with Crippen LogP contribution in [0.15, 0.2) is 18.3 Å². The number of anilines is 1. The number of morpholine rings is 1. The van der Waals surface area contributed by atoms with Crippen molar-refractivity contribution in [1.82, 2.24) is 4.98 Å². The lowest BCUT2D eigenvalue weighted by Gasteiger charge is -2.34. The number of aromatic nitrogens is 1. The quantitative estimate of drug-likeness (QED) is 0.680. The summed E-state index contributed by atoms with van der Waals surface area (Å²) in [6, 6.07) is 4.01. The molecule has 1 atom stereocenters. The van der Waals surface area contributed by atoms with Crippen LogP contribution < -0.4 is 4.90 Å². The summed E-state index contributed by atoms with van der Waals surface area (Å²) in [5.74, 6) is 0.913. The third-order valence-corrected chi connectivity index (χ3v) is 2.57. The van der Waals surface area contributed by atoms with Crippen molar-refractivity contribution in [2.45, 2.75) is 13.0 Å². The van der Waals surface area contributed by atoms with E-state index in [-0.39, 0.29) is 0 Å². The number of carbonyl (C=O) groups excluding carboxylic acids is 1. The molecule has 0 spiro atoms. The van der Waals surface area contributed by atoms with Gasteiger partial charge in [-0.2, -0.15) is 0 Å². The van der Waals surface area contributed by atoms with E-state index in [1.807, 2.05) is 6.07 Å². The lowest BCUT2D eigenvalue weighted by Crippen LogP contribution is -2.44. The van der Waals surface area contributed by atoms with Crippen LogP contribution in [0.5, 0.6) is 0 Å². The van der Waals surface area contributed by atoms with Crippen molar-refractivity contribution >= 4 is 12.1 Å². The van der Waals surface area contributed by atoms with Gasteiger partial charge in [-0.05, 0) is 19.1 Å². The minimum Gasteiger partial charge on any atom is -0.377 e. The number of carbonyl (C=O) groups is 1. The van der Waals surface area contributed by atoms with Crippen LogP contribution in [0.2, 0.25) is 0 Å². The molecular weight excluding hydrogens is 192 g/mol. The minimum atomic E-state index is 0.341. The summed E-state index contributed by atoms with van der Waals surface area (Å²) in [7, 11) is 0. The number of nitrogens with zero attached hydrogens (tertiary/aromatic N) is 2. The fourth-order valence-corrected chi connectivity index (χ4v) is 1.70. The standard InChI is InChI=1S/C11H14N2O2/c1-9-8-15-5-4-13(9)11-3-2-10(7-14)6-12-11/h2-3,6-7,9H,4-5,8H2,1H3. The van der Waals surface area contributed by atoms with Gasteiger partial charge in [0.05, 0.1) is 19.3 Å². The molecule has 1 aromatic heterocycles. The van der Waals surface area contributed by atoms with Crippen LogP contribution in [-0.4, -0.2) is 37.1 Å². The van der Waals surface area contributed by atoms with Gasteiger partial charge in [0, 0.05) is 18.3 Å². The molecule has 0 radical (unpaired) electrons. The SMILES string of the molecule is CC1COCCN1c1ccc(C=O)cn1. The van der Waals surface area contributed by atoms with E-state index in [0.29, 0.717) is 11.6 Å². The Hall–Kier alpha value is -1.42. The Morgan fingerprint density at radius 1 is 1.60 bits per heavy atom. The van der Waals surface area contributed by atoms with Crippen molar-refractivity contribution in [3.8, 4) is 0 Å². The fourth-order valence-electron chi connectivity index (χ4n) is 1.70. The maximum atomic E-state index is 10.5. The van der Waals surface area contributed by atoms with Gasteiger partial charge in [-0.15, -0.1) is 0 Å². The third-order valence-electron chi connectivity index (χ3n) is 2.57. The van der Waals surface area contributed by atoms with E-state index in [1.165, 1.54) is 0 Å². The number of ether oxygens (including phenoxy) is 1. The first-order valence-corrected chi connectivity index (χ1v) is 5.07. The second kappa shape index (κ2) is 4.40. The highest BCUT2D eigenvalue weighted by molar-refractivity contribution is 5.74. The van der Waals surface area contributed by atoms with E-state index in [0.717, 1.165) is 31.9 Å². The first-order valence-electron chi connectivity index (χ1n) is 5.07. The molecule has 0 saturated carbocycles. The molecule has 15 heavy (non-hydrogen) atoms. The van der Waals surface area contributed by atoms with Gasteiger partial charge < -0.3 is 9.64 Å². The van der Waals surface area contributed by atoms with Crippen LogP contribution in [0.4, 0.5) is 5.82 Å². The molecule has 4 heteroatoms. The number of pyridine rings is 1. The average Bonchev–Trinajstić information content (AvgIpc) is 2.30. The number of hydrogen-bond acceptors (Lipinski definition) is 4. The minimum absolute atomic E-state index is 0.341. The van der Waals surface area contributed by atoms with E-state index in [9.17, 15) is 4.79 Å². The van der Waals surface area contributed by atoms with Crippen LogP contribution in [-0.2, 0) is 4.74 Å². The Morgan fingerprint density at radius 3 is 3.07 bits per heavy atom. The molecule has 2 rings (SSSR count). The summed E-state index contributed by atoms with van der Waals surface area (Å²) in [4.78, 5) is 16.9. The lowest BCUT2D eigenvalue weighted by molar-refractivity contribution is 0.0985. The van der Waals surface area contributed by atoms with Gasteiger partial charge >= 0.3 is 0 Å². The summed E-state index contributed by atoms with van der Waals surface area (Å²) in [6.45, 7) is 4.43. The van der Waals surface area contributed by atoms with E-state index in [4.69, 9.17) is 4.74 Å². The third kappa shape index (κ3) is 2.15. The molecule has 0 bridgehead atoms. The molecule has 1 fully saturated rings. The van der Waals surface area contributed by atoms with Crippen LogP contribution in [0.25, 0.3) is 0 Å². The molecule has 2 heterocycles. The molecule has 1 aliphatic rings. The average molecular weight is 206 g/mol. The van der Waals surface area contributed by atoms with E-state index in [1.54, 1.807) is 12.3 Å². The molecule has 1 saturated heterocycles. The first kappa shape index (κ1) is 10.1. The molecule has 80 valence electrons. The highest BCUT2D eigenvalue weighted by Gasteiger charge is 2.19. The van der Waals surface area contributed by atoms with Gasteiger partial charge in [-0.25, -0.2) is 4.98 Å². The Kier molecular flexibility index (Phi) is 2.97. The Labute approximate surface area is 88.9 Å². The molecule has 0 N–H and O–H groups in total. The van der Waals surface area contributed by atoms with Gasteiger partial charge in [0.2, 0.25) is 0 Å². The monoisotopic (exact) mass is 206 g/mol. The van der Waals surface area contributed by atoms with Crippen LogP contribution in [0.1, 0.15) is 17.3 Å². The molecule has 0 amide bonds. The zero-order valence-electron chi connectivity index (χ0n) is 8.72. The predicted octanol–water partition coefficient (Wildman–Crippen LogP) is 1.12. The largest absolute Gasteiger partial charge is 0.377 e. The van der Waals surface area contributed by atoms with Crippen molar-refractivity contribution in [1.29, 1.82) is 0 Å². The van der Waals surface area contributed by atoms with Crippen molar-refractivity contribution in [3.05, 3.63) is 23.9 Å². The first-order chi connectivity index (χ1) is 7.31. The molecule has 0 aromatic carbocycles. The van der Waals surface area contributed by atoms with Gasteiger partial charge in [0.15, 0.2) is 6.29 Å². The summed E-state index contributed by atoms with van der Waals surface area (Å²) in [5.41, 5.74) is 0.611. The Bertz CT molecular complexity index is 337. The fraction of sp³-hybridized carbons (Fsp3) is 0.455. The molecule has 4 nitrogen and oxygen atoms in total. The summed E-state index contributed by atoms with van der Waals surface area (Å²) >= 11 is 0. The molecule has 1 aliphatic heterocycles. The topological polar surface area (TPSA) is 42.4 Å². The Morgan fingerprint density at radius 2 is 2.47 bits per heavy atom.